The minimum absolute atomic E-state index is 0.0588. The van der Waals surface area contributed by atoms with Gasteiger partial charge in [-0.3, -0.25) is 4.79 Å². The van der Waals surface area contributed by atoms with E-state index in [1.54, 1.807) is 6.07 Å². The summed E-state index contributed by atoms with van der Waals surface area (Å²) in [5, 5.41) is 8.83. The summed E-state index contributed by atoms with van der Waals surface area (Å²) in [5.41, 5.74) is 4.68. The first-order chi connectivity index (χ1) is 7.36. The first-order valence-corrected chi connectivity index (χ1v) is 4.71. The Hall–Kier alpha value is -1.62. The normalized spacial score (nSPS) is 14.2. The van der Waals surface area contributed by atoms with Crippen LogP contribution in [-0.4, -0.2) is 23.7 Å². The molecule has 0 saturated heterocycles. The van der Waals surface area contributed by atoms with Gasteiger partial charge in [-0.1, -0.05) is 6.07 Å². The van der Waals surface area contributed by atoms with Gasteiger partial charge in [0.05, 0.1) is 7.11 Å². The summed E-state index contributed by atoms with van der Waals surface area (Å²) in [6.45, 7) is 1.39. The molecule has 0 aliphatic heterocycles. The van der Waals surface area contributed by atoms with Gasteiger partial charge in [0, 0.05) is 6.42 Å². The van der Waals surface area contributed by atoms with E-state index in [-0.39, 0.29) is 12.2 Å². The van der Waals surface area contributed by atoms with Gasteiger partial charge in [0.15, 0.2) is 11.6 Å². The number of benzene rings is 1. The van der Waals surface area contributed by atoms with Crippen LogP contribution in [0.2, 0.25) is 0 Å². The van der Waals surface area contributed by atoms with Crippen molar-refractivity contribution in [3.63, 3.8) is 0 Å². The number of hydrogen-bond donors (Lipinski definition) is 2. The van der Waals surface area contributed by atoms with E-state index in [9.17, 15) is 9.18 Å². The lowest BCUT2D eigenvalue weighted by molar-refractivity contribution is -0.142. The quantitative estimate of drug-likeness (QED) is 0.808. The minimum atomic E-state index is -1.40. The van der Waals surface area contributed by atoms with Crippen molar-refractivity contribution in [2.75, 3.05) is 7.11 Å². The van der Waals surface area contributed by atoms with Gasteiger partial charge in [0.2, 0.25) is 0 Å². The average molecular weight is 226 g/mol. The Morgan fingerprint density at radius 2 is 2.25 bits per heavy atom. The predicted octanol–water partition coefficient (Wildman–Crippen LogP) is 1.18. The molecule has 0 heterocycles. The maximum Gasteiger partial charge on any atom is 0.323 e. The topological polar surface area (TPSA) is 72.5 Å². The SMILES string of the molecule is COc1ccc(C[C@](C)(N)C(=O)O)cc1[18F]. The number of carbonyl (C=O) groups is 1. The lowest BCUT2D eigenvalue weighted by Crippen LogP contribution is -2.46. The van der Waals surface area contributed by atoms with Gasteiger partial charge in [-0.2, -0.15) is 0 Å². The first-order valence-electron chi connectivity index (χ1n) is 4.71. The smallest absolute Gasteiger partial charge is 0.323 e. The van der Waals surface area contributed by atoms with Gasteiger partial charge >= 0.3 is 5.97 Å². The van der Waals surface area contributed by atoms with E-state index in [2.05, 4.69) is 0 Å². The molecule has 0 aliphatic carbocycles. The molecule has 88 valence electrons. The highest BCUT2D eigenvalue weighted by molar-refractivity contribution is 5.78. The fourth-order valence-corrected chi connectivity index (χ4v) is 1.32. The minimum Gasteiger partial charge on any atom is -0.494 e. The van der Waals surface area contributed by atoms with Crippen molar-refractivity contribution in [2.45, 2.75) is 18.9 Å². The highest BCUT2D eigenvalue weighted by atomic mass is 18.2. The van der Waals surface area contributed by atoms with Crippen molar-refractivity contribution in [1.29, 1.82) is 0 Å². The lowest BCUT2D eigenvalue weighted by atomic mass is 9.94. The van der Waals surface area contributed by atoms with Gasteiger partial charge in [0.25, 0.3) is 0 Å². The number of carboxylic acid groups (broad SMARTS) is 1. The molecule has 5 heteroatoms. The third-order valence-electron chi connectivity index (χ3n) is 2.28. The number of rotatable bonds is 4. The molecular weight excluding hydrogens is 212 g/mol. The second kappa shape index (κ2) is 4.49. The molecule has 0 amide bonds. The zero-order valence-corrected chi connectivity index (χ0v) is 9.16. The summed E-state index contributed by atoms with van der Waals surface area (Å²) < 4.78 is 18.1. The molecule has 0 fully saturated rings. The van der Waals surface area contributed by atoms with Crippen LogP contribution in [0.25, 0.3) is 0 Å². The number of methoxy groups -OCH3 is 1. The Balaban J connectivity index is 2.91. The molecule has 1 aromatic carbocycles. The molecule has 0 bridgehead atoms. The van der Waals surface area contributed by atoms with Gasteiger partial charge in [-0.15, -0.1) is 0 Å². The van der Waals surface area contributed by atoms with Crippen molar-refractivity contribution < 1.29 is 19.0 Å². The van der Waals surface area contributed by atoms with Crippen molar-refractivity contribution in [3.8, 4) is 5.75 Å². The van der Waals surface area contributed by atoms with Crippen molar-refractivity contribution in [3.05, 3.63) is 29.6 Å². The standard InChI is InChI=1S/C11H14FNO3/c1-11(13,10(14)15)6-7-3-4-9(16-2)8(12)5-7/h3-5H,6,13H2,1-2H3,(H,14,15)/t11-/m0/s1/i12-1. The molecule has 0 unspecified atom stereocenters. The van der Waals surface area contributed by atoms with Crippen LogP contribution >= 0.6 is 0 Å². The fourth-order valence-electron chi connectivity index (χ4n) is 1.32. The Kier molecular flexibility index (Phi) is 3.49. The van der Waals surface area contributed by atoms with Crippen LogP contribution in [0.4, 0.5) is 4.39 Å². The molecule has 0 spiro atoms. The Morgan fingerprint density at radius 1 is 1.62 bits per heavy atom. The predicted molar refractivity (Wildman–Crippen MR) is 56.9 cm³/mol. The van der Waals surface area contributed by atoms with E-state index in [0.717, 1.165) is 0 Å². The summed E-state index contributed by atoms with van der Waals surface area (Å²) in [6, 6.07) is 4.27. The summed E-state index contributed by atoms with van der Waals surface area (Å²) >= 11 is 0. The van der Waals surface area contributed by atoms with Crippen molar-refractivity contribution >= 4 is 5.97 Å². The highest BCUT2D eigenvalue weighted by Gasteiger charge is 2.28. The van der Waals surface area contributed by atoms with Crippen LogP contribution in [0.5, 0.6) is 5.75 Å². The highest BCUT2D eigenvalue weighted by Crippen LogP contribution is 2.20. The van der Waals surface area contributed by atoms with Gasteiger partial charge < -0.3 is 15.6 Å². The van der Waals surface area contributed by atoms with Crippen LogP contribution in [0.1, 0.15) is 12.5 Å². The fraction of sp³-hybridized carbons (Fsp3) is 0.364. The second-order valence-electron chi connectivity index (χ2n) is 3.87. The molecule has 1 atom stereocenters. The zero-order valence-electron chi connectivity index (χ0n) is 9.16. The average Bonchev–Trinajstić information content (AvgIpc) is 2.17. The lowest BCUT2D eigenvalue weighted by Gasteiger charge is -2.19. The number of nitrogens with two attached hydrogens (primary N) is 1. The van der Waals surface area contributed by atoms with Gasteiger partial charge in [-0.05, 0) is 24.6 Å². The second-order valence-corrected chi connectivity index (χ2v) is 3.87. The molecule has 1 aromatic rings. The summed E-state index contributed by atoms with van der Waals surface area (Å²) in [5.74, 6) is -1.53. The van der Waals surface area contributed by atoms with Crippen LogP contribution < -0.4 is 10.5 Å². The summed E-state index contributed by atoms with van der Waals surface area (Å²) in [4.78, 5) is 10.8. The molecule has 0 saturated carbocycles. The Bertz CT molecular complexity index is 404. The summed E-state index contributed by atoms with van der Waals surface area (Å²) in [6.07, 6.45) is 0.0588. The summed E-state index contributed by atoms with van der Waals surface area (Å²) in [7, 11) is 1.36. The molecule has 4 nitrogen and oxygen atoms in total. The maximum atomic E-state index is 13.3. The van der Waals surface area contributed by atoms with Gasteiger partial charge in [-0.25, -0.2) is 4.39 Å². The van der Waals surface area contributed by atoms with Crippen LogP contribution in [0.15, 0.2) is 18.2 Å². The molecule has 16 heavy (non-hydrogen) atoms. The zero-order chi connectivity index (χ0) is 12.3. The first kappa shape index (κ1) is 12.4. The van der Waals surface area contributed by atoms with E-state index < -0.39 is 17.3 Å². The van der Waals surface area contributed by atoms with E-state index in [4.69, 9.17) is 15.6 Å². The Labute approximate surface area is 92.8 Å². The number of aliphatic carboxylic acids is 1. The van der Waals surface area contributed by atoms with Crippen molar-refractivity contribution in [1.82, 2.24) is 0 Å². The number of ether oxygens (including phenoxy) is 1. The van der Waals surface area contributed by atoms with E-state index in [0.29, 0.717) is 5.56 Å². The molecule has 0 radical (unpaired) electrons. The van der Waals surface area contributed by atoms with Crippen molar-refractivity contribution in [2.24, 2.45) is 5.73 Å². The van der Waals surface area contributed by atoms with Crippen LogP contribution in [0, 0.1) is 5.82 Å². The maximum absolute atomic E-state index is 13.3. The largest absolute Gasteiger partial charge is 0.494 e. The Morgan fingerprint density at radius 3 is 2.69 bits per heavy atom. The molecule has 0 aromatic heterocycles. The monoisotopic (exact) mass is 226 g/mol. The van der Waals surface area contributed by atoms with Gasteiger partial charge in [0.1, 0.15) is 5.54 Å². The molecule has 1 rings (SSSR count). The van der Waals surface area contributed by atoms with E-state index in [1.165, 1.54) is 26.2 Å². The number of carboxylic acids is 1. The van der Waals surface area contributed by atoms with Crippen LogP contribution in [0.3, 0.4) is 0 Å². The third kappa shape index (κ3) is 2.70. The molecule has 3 N–H and O–H groups in total. The van der Waals surface area contributed by atoms with Crippen LogP contribution in [-0.2, 0) is 11.2 Å². The van der Waals surface area contributed by atoms with E-state index >= 15 is 0 Å². The molecular formula is C11H14FNO3. The number of halogens is 1. The van der Waals surface area contributed by atoms with E-state index in [1.807, 2.05) is 0 Å². The number of hydrogen-bond acceptors (Lipinski definition) is 3. The third-order valence-corrected chi connectivity index (χ3v) is 2.28. The molecule has 0 aliphatic rings.